The lowest BCUT2D eigenvalue weighted by Gasteiger charge is -2.35. The fraction of sp³-hybridized carbons (Fsp3) is 0.348. The number of carbonyl (C=O) groups excluding carboxylic acids is 2. The summed E-state index contributed by atoms with van der Waals surface area (Å²) in [6, 6.07) is 9.43. The van der Waals surface area contributed by atoms with Crippen molar-refractivity contribution in [3.63, 3.8) is 0 Å². The van der Waals surface area contributed by atoms with Gasteiger partial charge in [-0.1, -0.05) is 12.1 Å². The Morgan fingerprint density at radius 3 is 2.60 bits per heavy atom. The Morgan fingerprint density at radius 2 is 1.97 bits per heavy atom. The van der Waals surface area contributed by atoms with Crippen molar-refractivity contribution in [3.8, 4) is 11.5 Å². The first-order chi connectivity index (χ1) is 14.5. The maximum atomic E-state index is 11.8. The number of Topliss-reactive ketones (excluding diaryl/α,β-unsaturated/α-hetero) is 1. The van der Waals surface area contributed by atoms with Gasteiger partial charge >= 0.3 is 0 Å². The van der Waals surface area contributed by atoms with Crippen molar-refractivity contribution >= 4 is 23.5 Å². The molecule has 1 fully saturated rings. The number of nitrogens with zero attached hydrogens (tertiary/aromatic N) is 3. The molecule has 0 atom stereocenters. The fourth-order valence-corrected chi connectivity index (χ4v) is 3.47. The molecule has 1 aromatic carbocycles. The minimum absolute atomic E-state index is 0.108. The Balaban J connectivity index is 1.68. The van der Waals surface area contributed by atoms with Gasteiger partial charge in [0, 0.05) is 44.5 Å². The zero-order valence-corrected chi connectivity index (χ0v) is 17.4. The van der Waals surface area contributed by atoms with E-state index in [1.807, 2.05) is 24.3 Å². The van der Waals surface area contributed by atoms with Crippen molar-refractivity contribution in [2.45, 2.75) is 19.9 Å². The average Bonchev–Trinajstić information content (AvgIpc) is 2.75. The van der Waals surface area contributed by atoms with Crippen LogP contribution in [0.1, 0.15) is 24.5 Å². The smallest absolute Gasteiger partial charge is 0.163 e. The van der Waals surface area contributed by atoms with E-state index in [0.29, 0.717) is 12.3 Å². The monoisotopic (exact) mass is 409 g/mol. The summed E-state index contributed by atoms with van der Waals surface area (Å²) in [6.07, 6.45) is 4.73. The van der Waals surface area contributed by atoms with E-state index >= 15 is 0 Å². The number of allylic oxidation sites excluding steroid dienone is 1. The molecule has 1 N–H and O–H groups in total. The lowest BCUT2D eigenvalue weighted by atomic mass is 10.1. The van der Waals surface area contributed by atoms with E-state index < -0.39 is 0 Å². The highest BCUT2D eigenvalue weighted by Crippen LogP contribution is 2.33. The molecule has 0 amide bonds. The number of ketones is 2. The zero-order valence-electron chi connectivity index (χ0n) is 17.4. The highest BCUT2D eigenvalue weighted by Gasteiger charge is 2.20. The molecule has 2 heterocycles. The normalized spacial score (nSPS) is 14.8. The maximum Gasteiger partial charge on any atom is 0.163 e. The minimum Gasteiger partial charge on any atom is -0.504 e. The van der Waals surface area contributed by atoms with Gasteiger partial charge in [0.05, 0.1) is 13.5 Å². The molecule has 30 heavy (non-hydrogen) atoms. The van der Waals surface area contributed by atoms with E-state index in [1.54, 1.807) is 18.3 Å². The fourth-order valence-electron chi connectivity index (χ4n) is 3.47. The molecule has 7 heteroatoms. The molecule has 0 spiro atoms. The molecule has 0 aliphatic carbocycles. The summed E-state index contributed by atoms with van der Waals surface area (Å²) < 4.78 is 5.30. The van der Waals surface area contributed by atoms with Crippen LogP contribution in [0.15, 0.2) is 42.6 Å². The maximum absolute atomic E-state index is 11.8. The summed E-state index contributed by atoms with van der Waals surface area (Å²) in [5.41, 5.74) is 1.47. The number of carbonyl (C=O) groups is 2. The Labute approximate surface area is 176 Å². The zero-order chi connectivity index (χ0) is 21.5. The van der Waals surface area contributed by atoms with Crippen molar-refractivity contribution < 1.29 is 19.4 Å². The summed E-state index contributed by atoms with van der Waals surface area (Å²) in [6.45, 7) is 5.36. The molecule has 7 nitrogen and oxygen atoms in total. The molecule has 1 saturated heterocycles. The quantitative estimate of drug-likeness (QED) is 0.530. The summed E-state index contributed by atoms with van der Waals surface area (Å²) in [7, 11) is 1.50. The first kappa shape index (κ1) is 21.5. The number of aromatic nitrogens is 1. The lowest BCUT2D eigenvalue weighted by Crippen LogP contribution is -2.46. The summed E-state index contributed by atoms with van der Waals surface area (Å²) in [4.78, 5) is 31.8. The molecular formula is C23H27N3O4. The molecule has 1 aliphatic rings. The molecule has 1 aromatic heterocycles. The first-order valence-electron chi connectivity index (χ1n) is 9.95. The highest BCUT2D eigenvalue weighted by atomic mass is 16.5. The Hall–Kier alpha value is -3.19. The molecule has 158 valence electrons. The second-order valence-corrected chi connectivity index (χ2v) is 7.36. The third-order valence-corrected chi connectivity index (χ3v) is 5.02. The second kappa shape index (κ2) is 10.0. The third-order valence-electron chi connectivity index (χ3n) is 5.02. The molecule has 2 aromatic rings. The third kappa shape index (κ3) is 5.67. The van der Waals surface area contributed by atoms with Gasteiger partial charge in [-0.2, -0.15) is 0 Å². The number of piperazine rings is 1. The lowest BCUT2D eigenvalue weighted by molar-refractivity contribution is -0.123. The Morgan fingerprint density at radius 1 is 1.20 bits per heavy atom. The molecule has 1 aliphatic heterocycles. The molecular weight excluding hydrogens is 382 g/mol. The van der Waals surface area contributed by atoms with Crippen LogP contribution >= 0.6 is 0 Å². The highest BCUT2D eigenvalue weighted by molar-refractivity contribution is 6.05. The van der Waals surface area contributed by atoms with Gasteiger partial charge in [-0.05, 0) is 42.8 Å². The van der Waals surface area contributed by atoms with Gasteiger partial charge in [0.25, 0.3) is 0 Å². The van der Waals surface area contributed by atoms with Crippen molar-refractivity contribution in [2.24, 2.45) is 0 Å². The van der Waals surface area contributed by atoms with Crippen molar-refractivity contribution in [2.75, 3.05) is 38.2 Å². The standard InChI is InChI=1S/C23H27N3O4/c1-17(27)13-20(28)7-6-18-14-19(23(29)21(15-18)30-2)16-25-9-11-26(12-10-25)22-5-3-4-8-24-22/h3-8,14-15,29H,9-13,16H2,1-2H3. The van der Waals surface area contributed by atoms with Gasteiger partial charge in [-0.15, -0.1) is 0 Å². The number of hydrogen-bond acceptors (Lipinski definition) is 7. The largest absolute Gasteiger partial charge is 0.504 e. The van der Waals surface area contributed by atoms with Crippen LogP contribution in [0.25, 0.3) is 6.08 Å². The SMILES string of the molecule is COc1cc(C=CC(=O)CC(C)=O)cc(CN2CCN(c3ccccn3)CC2)c1O. The molecule has 0 saturated carbocycles. The molecule has 3 rings (SSSR count). The van der Waals surface area contributed by atoms with E-state index in [4.69, 9.17) is 4.74 Å². The van der Waals surface area contributed by atoms with Crippen molar-refractivity contribution in [3.05, 3.63) is 53.7 Å². The number of benzene rings is 1. The van der Waals surface area contributed by atoms with Crippen LogP contribution in [0, 0.1) is 0 Å². The van der Waals surface area contributed by atoms with Crippen LogP contribution < -0.4 is 9.64 Å². The predicted molar refractivity (Wildman–Crippen MR) is 116 cm³/mol. The van der Waals surface area contributed by atoms with Crippen LogP contribution in [0.3, 0.4) is 0 Å². The summed E-state index contributed by atoms with van der Waals surface area (Å²) in [5.74, 6) is 1.03. The van der Waals surface area contributed by atoms with Crippen LogP contribution in [0.4, 0.5) is 5.82 Å². The van der Waals surface area contributed by atoms with Crippen LogP contribution in [-0.2, 0) is 16.1 Å². The van der Waals surface area contributed by atoms with E-state index in [-0.39, 0.29) is 23.7 Å². The number of hydrogen-bond donors (Lipinski definition) is 1. The summed E-state index contributed by atoms with van der Waals surface area (Å²) in [5, 5.41) is 10.6. The number of anilines is 1. The topological polar surface area (TPSA) is 83.0 Å². The van der Waals surface area contributed by atoms with E-state index in [9.17, 15) is 14.7 Å². The number of methoxy groups -OCH3 is 1. The van der Waals surface area contributed by atoms with Gasteiger partial charge in [0.1, 0.15) is 11.6 Å². The molecule has 0 unspecified atom stereocenters. The van der Waals surface area contributed by atoms with E-state index in [1.165, 1.54) is 20.1 Å². The van der Waals surface area contributed by atoms with Gasteiger partial charge in [-0.25, -0.2) is 4.98 Å². The van der Waals surface area contributed by atoms with Gasteiger partial charge < -0.3 is 14.7 Å². The number of ether oxygens (including phenoxy) is 1. The van der Waals surface area contributed by atoms with Gasteiger partial charge in [0.15, 0.2) is 17.3 Å². The van der Waals surface area contributed by atoms with Crippen molar-refractivity contribution in [1.29, 1.82) is 0 Å². The predicted octanol–water partition coefficient (Wildman–Crippen LogP) is 2.68. The van der Waals surface area contributed by atoms with Crippen LogP contribution in [-0.4, -0.2) is 59.8 Å². The van der Waals surface area contributed by atoms with Crippen molar-refractivity contribution in [1.82, 2.24) is 9.88 Å². The molecule has 0 bridgehead atoms. The average molecular weight is 409 g/mol. The number of phenolic OH excluding ortho intramolecular Hbond substituents is 1. The molecule has 0 radical (unpaired) electrons. The summed E-state index contributed by atoms with van der Waals surface area (Å²) >= 11 is 0. The number of pyridine rings is 1. The van der Waals surface area contributed by atoms with Gasteiger partial charge in [0.2, 0.25) is 0 Å². The van der Waals surface area contributed by atoms with Crippen LogP contribution in [0.5, 0.6) is 11.5 Å². The number of aromatic hydroxyl groups is 1. The van der Waals surface area contributed by atoms with Crippen LogP contribution in [0.2, 0.25) is 0 Å². The number of phenols is 1. The van der Waals surface area contributed by atoms with Gasteiger partial charge in [-0.3, -0.25) is 14.5 Å². The minimum atomic E-state index is -0.248. The first-order valence-corrected chi connectivity index (χ1v) is 9.95. The second-order valence-electron chi connectivity index (χ2n) is 7.36. The van der Waals surface area contributed by atoms with E-state index in [2.05, 4.69) is 14.8 Å². The Bertz CT molecular complexity index is 920. The Kier molecular flexibility index (Phi) is 7.19. The van der Waals surface area contributed by atoms with E-state index in [0.717, 1.165) is 43.1 Å². The number of rotatable bonds is 8.